The summed E-state index contributed by atoms with van der Waals surface area (Å²) in [6.45, 7) is 2.25. The number of hydrogen-bond acceptors (Lipinski definition) is 5. The number of carbonyl (C=O) groups is 3. The Balaban J connectivity index is 2.27. The topological polar surface area (TPSA) is 95.9 Å². The largest absolute Gasteiger partial charge is 0.478 e. The summed E-state index contributed by atoms with van der Waals surface area (Å²) in [4.78, 5) is 34.2. The van der Waals surface area contributed by atoms with Gasteiger partial charge in [-0.15, -0.1) is 0 Å². The molecule has 1 rings (SSSR count). The molecule has 94 valence electrons. The number of nitrogens with zero attached hydrogens (tertiary/aromatic N) is 1. The van der Waals surface area contributed by atoms with Crippen LogP contribution in [-0.2, 0) is 19.1 Å². The van der Waals surface area contributed by atoms with Gasteiger partial charge in [0.15, 0.2) is 6.61 Å². The molecule has 17 heavy (non-hydrogen) atoms. The van der Waals surface area contributed by atoms with Crippen LogP contribution in [-0.4, -0.2) is 60.6 Å². The van der Waals surface area contributed by atoms with E-state index in [9.17, 15) is 14.4 Å². The van der Waals surface area contributed by atoms with Crippen molar-refractivity contribution in [3.8, 4) is 0 Å². The van der Waals surface area contributed by atoms with Gasteiger partial charge in [0.05, 0.1) is 0 Å². The quantitative estimate of drug-likeness (QED) is 0.465. The van der Waals surface area contributed by atoms with Gasteiger partial charge in [-0.25, -0.2) is 9.59 Å². The van der Waals surface area contributed by atoms with Crippen molar-refractivity contribution in [1.82, 2.24) is 10.2 Å². The van der Waals surface area contributed by atoms with Crippen molar-refractivity contribution < 1.29 is 24.2 Å². The second-order valence-electron chi connectivity index (χ2n) is 3.41. The van der Waals surface area contributed by atoms with E-state index < -0.39 is 11.9 Å². The van der Waals surface area contributed by atoms with Crippen molar-refractivity contribution in [2.24, 2.45) is 0 Å². The summed E-state index contributed by atoms with van der Waals surface area (Å²) < 4.78 is 4.61. The highest BCUT2D eigenvalue weighted by Crippen LogP contribution is 1.94. The van der Waals surface area contributed by atoms with Crippen LogP contribution < -0.4 is 5.32 Å². The number of ether oxygens (including phenoxy) is 1. The molecule has 0 aromatic heterocycles. The lowest BCUT2D eigenvalue weighted by atomic mass is 10.3. The Morgan fingerprint density at radius 1 is 1.24 bits per heavy atom. The number of amides is 1. The van der Waals surface area contributed by atoms with Gasteiger partial charge in [-0.1, -0.05) is 0 Å². The lowest BCUT2D eigenvalue weighted by Crippen LogP contribution is -2.47. The Bertz CT molecular complexity index is 334. The molecule has 2 N–H and O–H groups in total. The second kappa shape index (κ2) is 6.64. The summed E-state index contributed by atoms with van der Waals surface area (Å²) >= 11 is 0. The minimum absolute atomic E-state index is 0.274. The number of hydrogen-bond donors (Lipinski definition) is 2. The van der Waals surface area contributed by atoms with Crippen LogP contribution in [0.5, 0.6) is 0 Å². The standard InChI is InChI=1S/C10H14N2O5/c13-8(12-5-3-11-4-6-12)7-17-10(16)2-1-9(14)15/h1-2,11H,3-7H2,(H,14,15)/b2-1+. The summed E-state index contributed by atoms with van der Waals surface area (Å²) in [5.74, 6) is -2.35. The molecule has 0 aromatic carbocycles. The number of carbonyl (C=O) groups excluding carboxylic acids is 2. The van der Waals surface area contributed by atoms with E-state index in [1.807, 2.05) is 0 Å². The zero-order chi connectivity index (χ0) is 12.7. The molecular formula is C10H14N2O5. The summed E-state index contributed by atoms with van der Waals surface area (Å²) in [6.07, 6.45) is 1.44. The van der Waals surface area contributed by atoms with E-state index >= 15 is 0 Å². The highest BCUT2D eigenvalue weighted by Gasteiger charge is 2.16. The lowest BCUT2D eigenvalue weighted by molar-refractivity contribution is -0.148. The molecule has 1 saturated heterocycles. The van der Waals surface area contributed by atoms with Gasteiger partial charge in [-0.2, -0.15) is 0 Å². The van der Waals surface area contributed by atoms with Crippen LogP contribution in [0.4, 0.5) is 0 Å². The van der Waals surface area contributed by atoms with Crippen LogP contribution in [0, 0.1) is 0 Å². The average molecular weight is 242 g/mol. The molecule has 1 aliphatic rings. The predicted molar refractivity (Wildman–Crippen MR) is 57.2 cm³/mol. The maximum absolute atomic E-state index is 11.5. The van der Waals surface area contributed by atoms with E-state index in [-0.39, 0.29) is 12.5 Å². The molecule has 1 heterocycles. The Hall–Kier alpha value is -1.89. The predicted octanol–water partition coefficient (Wildman–Crippen LogP) is -1.40. The third kappa shape index (κ3) is 5.12. The van der Waals surface area contributed by atoms with E-state index in [2.05, 4.69) is 10.1 Å². The van der Waals surface area contributed by atoms with Crippen molar-refractivity contribution >= 4 is 17.8 Å². The summed E-state index contributed by atoms with van der Waals surface area (Å²) in [5, 5.41) is 11.4. The molecule has 0 saturated carbocycles. The molecule has 0 bridgehead atoms. The fourth-order valence-electron chi connectivity index (χ4n) is 1.33. The van der Waals surface area contributed by atoms with Crippen LogP contribution in [0.2, 0.25) is 0 Å². The van der Waals surface area contributed by atoms with Gasteiger partial charge in [-0.3, -0.25) is 4.79 Å². The molecule has 7 heteroatoms. The Labute approximate surface area is 98.0 Å². The van der Waals surface area contributed by atoms with E-state index in [0.29, 0.717) is 19.2 Å². The van der Waals surface area contributed by atoms with Gasteiger partial charge in [0.1, 0.15) is 0 Å². The molecule has 1 amide bonds. The van der Waals surface area contributed by atoms with E-state index in [1.54, 1.807) is 4.90 Å². The first-order valence-corrected chi connectivity index (χ1v) is 5.16. The molecule has 7 nitrogen and oxygen atoms in total. The highest BCUT2D eigenvalue weighted by atomic mass is 16.5. The van der Waals surface area contributed by atoms with Gasteiger partial charge >= 0.3 is 11.9 Å². The first-order valence-electron chi connectivity index (χ1n) is 5.16. The fourth-order valence-corrected chi connectivity index (χ4v) is 1.33. The number of nitrogens with one attached hydrogen (secondary N) is 1. The SMILES string of the molecule is O=C(O)/C=C/C(=O)OCC(=O)N1CCNCC1. The smallest absolute Gasteiger partial charge is 0.331 e. The van der Waals surface area contributed by atoms with Crippen LogP contribution in [0.3, 0.4) is 0 Å². The maximum Gasteiger partial charge on any atom is 0.331 e. The Morgan fingerprint density at radius 3 is 2.47 bits per heavy atom. The van der Waals surface area contributed by atoms with Crippen LogP contribution in [0.1, 0.15) is 0 Å². The van der Waals surface area contributed by atoms with Crippen molar-refractivity contribution in [3.05, 3.63) is 12.2 Å². The molecule has 0 spiro atoms. The molecule has 0 aliphatic carbocycles. The molecule has 1 aliphatic heterocycles. The van der Waals surface area contributed by atoms with Crippen molar-refractivity contribution in [2.45, 2.75) is 0 Å². The molecule has 0 atom stereocenters. The zero-order valence-electron chi connectivity index (χ0n) is 9.22. The number of aliphatic carboxylic acids is 1. The number of esters is 1. The first kappa shape index (κ1) is 13.2. The first-order chi connectivity index (χ1) is 8.09. The van der Waals surface area contributed by atoms with Crippen LogP contribution in [0.15, 0.2) is 12.2 Å². The minimum atomic E-state index is -1.24. The van der Waals surface area contributed by atoms with Gasteiger partial charge in [0.25, 0.3) is 5.91 Å². The molecular weight excluding hydrogens is 228 g/mol. The number of rotatable bonds is 4. The normalized spacial score (nSPS) is 15.9. The number of carboxylic acid groups (broad SMARTS) is 1. The molecule has 0 radical (unpaired) electrons. The van der Waals surface area contributed by atoms with Crippen molar-refractivity contribution in [2.75, 3.05) is 32.8 Å². The average Bonchev–Trinajstić information content (AvgIpc) is 2.34. The maximum atomic E-state index is 11.5. The summed E-state index contributed by atoms with van der Waals surface area (Å²) in [5.41, 5.74) is 0. The molecule has 0 unspecified atom stereocenters. The number of carboxylic acids is 1. The van der Waals surface area contributed by atoms with E-state index in [1.165, 1.54) is 0 Å². The summed E-state index contributed by atoms with van der Waals surface area (Å²) in [6, 6.07) is 0. The van der Waals surface area contributed by atoms with E-state index in [0.717, 1.165) is 19.2 Å². The molecule has 0 aromatic rings. The third-order valence-corrected chi connectivity index (χ3v) is 2.17. The Kier molecular flexibility index (Phi) is 5.15. The zero-order valence-corrected chi connectivity index (χ0v) is 9.22. The minimum Gasteiger partial charge on any atom is -0.478 e. The van der Waals surface area contributed by atoms with Gasteiger partial charge < -0.3 is 20.1 Å². The van der Waals surface area contributed by atoms with Gasteiger partial charge in [0, 0.05) is 38.3 Å². The van der Waals surface area contributed by atoms with Crippen LogP contribution >= 0.6 is 0 Å². The highest BCUT2D eigenvalue weighted by molar-refractivity contribution is 5.91. The van der Waals surface area contributed by atoms with Crippen molar-refractivity contribution in [1.29, 1.82) is 0 Å². The van der Waals surface area contributed by atoms with Gasteiger partial charge in [-0.05, 0) is 0 Å². The number of piperazine rings is 1. The lowest BCUT2D eigenvalue weighted by Gasteiger charge is -2.27. The second-order valence-corrected chi connectivity index (χ2v) is 3.41. The Morgan fingerprint density at radius 2 is 1.88 bits per heavy atom. The molecule has 1 fully saturated rings. The van der Waals surface area contributed by atoms with Crippen LogP contribution in [0.25, 0.3) is 0 Å². The monoisotopic (exact) mass is 242 g/mol. The van der Waals surface area contributed by atoms with Gasteiger partial charge in [0.2, 0.25) is 0 Å². The summed E-state index contributed by atoms with van der Waals surface area (Å²) in [7, 11) is 0. The fraction of sp³-hybridized carbons (Fsp3) is 0.500. The third-order valence-electron chi connectivity index (χ3n) is 2.17. The van der Waals surface area contributed by atoms with E-state index in [4.69, 9.17) is 5.11 Å². The van der Waals surface area contributed by atoms with Crippen molar-refractivity contribution in [3.63, 3.8) is 0 Å².